The molecule has 0 bridgehead atoms. The minimum Gasteiger partial charge on any atom is -0.396 e. The zero-order chi connectivity index (χ0) is 11.4. The van der Waals surface area contributed by atoms with Gasteiger partial charge >= 0.3 is 0 Å². The fourth-order valence-electron chi connectivity index (χ4n) is 2.59. The molecule has 0 spiro atoms. The standard InChI is InChI=1S/C12H21NO3/c14-7-5-10-4-6-13(9-10)12(15)11-3-1-2-8-16-11/h10-11,14H,1-9H2. The quantitative estimate of drug-likeness (QED) is 0.775. The molecule has 2 saturated heterocycles. The van der Waals surface area contributed by atoms with Crippen LogP contribution in [0.25, 0.3) is 0 Å². The largest absolute Gasteiger partial charge is 0.396 e. The molecule has 2 fully saturated rings. The van der Waals surface area contributed by atoms with E-state index >= 15 is 0 Å². The summed E-state index contributed by atoms with van der Waals surface area (Å²) in [6.45, 7) is 2.60. The lowest BCUT2D eigenvalue weighted by molar-refractivity contribution is -0.145. The van der Waals surface area contributed by atoms with E-state index in [2.05, 4.69) is 0 Å². The van der Waals surface area contributed by atoms with Crippen LogP contribution in [0.5, 0.6) is 0 Å². The zero-order valence-electron chi connectivity index (χ0n) is 9.73. The monoisotopic (exact) mass is 227 g/mol. The summed E-state index contributed by atoms with van der Waals surface area (Å²) in [4.78, 5) is 14.0. The predicted molar refractivity (Wildman–Crippen MR) is 60.0 cm³/mol. The Morgan fingerprint density at radius 1 is 1.38 bits per heavy atom. The van der Waals surface area contributed by atoms with Gasteiger partial charge in [-0.25, -0.2) is 0 Å². The number of nitrogens with zero attached hydrogens (tertiary/aromatic N) is 1. The molecule has 92 valence electrons. The van der Waals surface area contributed by atoms with Gasteiger partial charge in [0.1, 0.15) is 6.10 Å². The minimum absolute atomic E-state index is 0.167. The summed E-state index contributed by atoms with van der Waals surface area (Å²) >= 11 is 0. The second kappa shape index (κ2) is 5.64. The molecule has 2 rings (SSSR count). The van der Waals surface area contributed by atoms with Crippen LogP contribution in [0.15, 0.2) is 0 Å². The van der Waals surface area contributed by atoms with Crippen LogP contribution < -0.4 is 0 Å². The van der Waals surface area contributed by atoms with Gasteiger partial charge in [-0.05, 0) is 38.0 Å². The van der Waals surface area contributed by atoms with Gasteiger partial charge in [0.2, 0.25) is 0 Å². The van der Waals surface area contributed by atoms with Gasteiger partial charge in [0.15, 0.2) is 0 Å². The van der Waals surface area contributed by atoms with E-state index in [0.717, 1.165) is 51.8 Å². The molecule has 0 saturated carbocycles. The summed E-state index contributed by atoms with van der Waals surface area (Å²) in [5, 5.41) is 8.87. The molecule has 2 heterocycles. The summed E-state index contributed by atoms with van der Waals surface area (Å²) in [6, 6.07) is 0. The highest BCUT2D eigenvalue weighted by Crippen LogP contribution is 2.22. The highest BCUT2D eigenvalue weighted by molar-refractivity contribution is 5.81. The number of rotatable bonds is 3. The highest BCUT2D eigenvalue weighted by atomic mass is 16.5. The molecule has 4 heteroatoms. The lowest BCUT2D eigenvalue weighted by Crippen LogP contribution is -2.40. The van der Waals surface area contributed by atoms with E-state index in [4.69, 9.17) is 9.84 Å². The highest BCUT2D eigenvalue weighted by Gasteiger charge is 2.31. The van der Waals surface area contributed by atoms with Gasteiger partial charge in [0.05, 0.1) is 0 Å². The van der Waals surface area contributed by atoms with Gasteiger partial charge in [0, 0.05) is 26.3 Å². The number of carbonyl (C=O) groups is 1. The van der Waals surface area contributed by atoms with Gasteiger partial charge in [-0.1, -0.05) is 0 Å². The number of hydrogen-bond donors (Lipinski definition) is 1. The number of ether oxygens (including phenoxy) is 1. The van der Waals surface area contributed by atoms with Gasteiger partial charge in [-0.2, -0.15) is 0 Å². The third-order valence-electron chi connectivity index (χ3n) is 3.59. The van der Waals surface area contributed by atoms with Crippen LogP contribution in [0.2, 0.25) is 0 Å². The number of aliphatic hydroxyl groups excluding tert-OH is 1. The molecule has 2 unspecified atom stereocenters. The topological polar surface area (TPSA) is 49.8 Å². The lowest BCUT2D eigenvalue weighted by atomic mass is 10.1. The van der Waals surface area contributed by atoms with E-state index in [9.17, 15) is 4.79 Å². The zero-order valence-corrected chi connectivity index (χ0v) is 9.73. The van der Waals surface area contributed by atoms with Crippen LogP contribution in [0.1, 0.15) is 32.1 Å². The normalized spacial score (nSPS) is 30.7. The fourth-order valence-corrected chi connectivity index (χ4v) is 2.59. The summed E-state index contributed by atoms with van der Waals surface area (Å²) in [5.74, 6) is 0.651. The molecule has 0 aromatic heterocycles. The Labute approximate surface area is 96.6 Å². The van der Waals surface area contributed by atoms with Crippen molar-refractivity contribution in [2.45, 2.75) is 38.2 Å². The third kappa shape index (κ3) is 2.74. The minimum atomic E-state index is -0.193. The van der Waals surface area contributed by atoms with Crippen LogP contribution in [0.4, 0.5) is 0 Å². The first-order chi connectivity index (χ1) is 7.81. The van der Waals surface area contributed by atoms with E-state index in [1.165, 1.54) is 0 Å². The van der Waals surface area contributed by atoms with Crippen LogP contribution in [0.3, 0.4) is 0 Å². The maximum absolute atomic E-state index is 12.1. The van der Waals surface area contributed by atoms with Crippen LogP contribution in [-0.4, -0.2) is 48.3 Å². The van der Waals surface area contributed by atoms with Crippen molar-refractivity contribution in [2.24, 2.45) is 5.92 Å². The second-order valence-corrected chi connectivity index (χ2v) is 4.81. The first kappa shape index (κ1) is 11.9. The Bertz CT molecular complexity index is 238. The van der Waals surface area contributed by atoms with Crippen molar-refractivity contribution in [1.29, 1.82) is 0 Å². The molecule has 4 nitrogen and oxygen atoms in total. The summed E-state index contributed by atoms with van der Waals surface area (Å²) in [7, 11) is 0. The molecule has 2 atom stereocenters. The Morgan fingerprint density at radius 2 is 2.25 bits per heavy atom. The van der Waals surface area contributed by atoms with E-state index in [1.54, 1.807) is 0 Å². The SMILES string of the molecule is O=C(C1CCCCO1)N1CCC(CCO)C1. The molecule has 2 aliphatic rings. The van der Waals surface area contributed by atoms with Crippen molar-refractivity contribution in [1.82, 2.24) is 4.90 Å². The average Bonchev–Trinajstić information content (AvgIpc) is 2.78. The Hall–Kier alpha value is -0.610. The maximum Gasteiger partial charge on any atom is 0.251 e. The number of amides is 1. The second-order valence-electron chi connectivity index (χ2n) is 4.81. The molecule has 0 aromatic rings. The summed E-state index contributed by atoms with van der Waals surface area (Å²) in [6.07, 6.45) is 4.71. The fraction of sp³-hybridized carbons (Fsp3) is 0.917. The van der Waals surface area contributed by atoms with Crippen molar-refractivity contribution in [3.8, 4) is 0 Å². The van der Waals surface area contributed by atoms with Crippen LogP contribution >= 0.6 is 0 Å². The van der Waals surface area contributed by atoms with Crippen LogP contribution in [-0.2, 0) is 9.53 Å². The summed E-state index contributed by atoms with van der Waals surface area (Å²) < 4.78 is 5.51. The molecule has 1 N–H and O–H groups in total. The van der Waals surface area contributed by atoms with Crippen LogP contribution in [0, 0.1) is 5.92 Å². The molecular formula is C12H21NO3. The van der Waals surface area contributed by atoms with E-state index in [0.29, 0.717) is 5.92 Å². The molecular weight excluding hydrogens is 206 g/mol. The first-order valence-corrected chi connectivity index (χ1v) is 6.32. The van der Waals surface area contributed by atoms with E-state index < -0.39 is 0 Å². The van der Waals surface area contributed by atoms with Crippen molar-refractivity contribution in [3.05, 3.63) is 0 Å². The van der Waals surface area contributed by atoms with Gasteiger partial charge in [-0.15, -0.1) is 0 Å². The third-order valence-corrected chi connectivity index (χ3v) is 3.59. The van der Waals surface area contributed by atoms with Crippen molar-refractivity contribution < 1.29 is 14.6 Å². The van der Waals surface area contributed by atoms with Crippen molar-refractivity contribution in [3.63, 3.8) is 0 Å². The number of hydrogen-bond acceptors (Lipinski definition) is 3. The molecule has 0 aliphatic carbocycles. The number of aliphatic hydroxyl groups is 1. The Morgan fingerprint density at radius 3 is 2.94 bits per heavy atom. The Kier molecular flexibility index (Phi) is 4.18. The molecule has 16 heavy (non-hydrogen) atoms. The predicted octanol–water partition coefficient (Wildman–Crippen LogP) is 0.786. The molecule has 2 aliphatic heterocycles. The van der Waals surface area contributed by atoms with Crippen molar-refractivity contribution >= 4 is 5.91 Å². The number of carbonyl (C=O) groups excluding carboxylic acids is 1. The molecule has 0 aromatic carbocycles. The first-order valence-electron chi connectivity index (χ1n) is 6.32. The van der Waals surface area contributed by atoms with Gasteiger partial charge in [-0.3, -0.25) is 4.79 Å². The van der Waals surface area contributed by atoms with E-state index in [-0.39, 0.29) is 18.6 Å². The number of likely N-dealkylation sites (tertiary alicyclic amines) is 1. The van der Waals surface area contributed by atoms with Crippen molar-refractivity contribution in [2.75, 3.05) is 26.3 Å². The van der Waals surface area contributed by atoms with E-state index in [1.807, 2.05) is 4.90 Å². The van der Waals surface area contributed by atoms with Gasteiger partial charge < -0.3 is 14.7 Å². The average molecular weight is 227 g/mol. The maximum atomic E-state index is 12.1. The molecule has 0 radical (unpaired) electrons. The van der Waals surface area contributed by atoms with Gasteiger partial charge in [0.25, 0.3) is 5.91 Å². The molecule has 1 amide bonds. The smallest absolute Gasteiger partial charge is 0.251 e. The summed E-state index contributed by atoms with van der Waals surface area (Å²) in [5.41, 5.74) is 0. The lowest BCUT2D eigenvalue weighted by Gasteiger charge is -2.26. The Balaban J connectivity index is 1.81.